The number of piperazine rings is 1. The quantitative estimate of drug-likeness (QED) is 0.304. The largest absolute Gasteiger partial charge is 0.481 e. The molecule has 4 saturated carbocycles. The molecule has 1 aliphatic heterocycles. The van der Waals surface area contributed by atoms with Crippen molar-refractivity contribution >= 4 is 29.1 Å². The van der Waals surface area contributed by atoms with Crippen LogP contribution in [0.3, 0.4) is 0 Å². The first-order valence-corrected chi connectivity index (χ1v) is 13.6. The van der Waals surface area contributed by atoms with Gasteiger partial charge in [0, 0.05) is 32.2 Å². The molecule has 38 heavy (non-hydrogen) atoms. The Labute approximate surface area is 225 Å². The van der Waals surface area contributed by atoms with E-state index in [-0.39, 0.29) is 22.9 Å². The van der Waals surface area contributed by atoms with Crippen LogP contribution in [0.25, 0.3) is 0 Å². The molecule has 1 aromatic rings. The number of hydrogen-bond donors (Lipinski definition) is 2. The Hall–Kier alpha value is -2.51. The van der Waals surface area contributed by atoms with Crippen molar-refractivity contribution in [1.82, 2.24) is 10.2 Å². The summed E-state index contributed by atoms with van der Waals surface area (Å²) in [5.74, 6) is 0.859. The van der Waals surface area contributed by atoms with Crippen molar-refractivity contribution in [2.24, 2.45) is 28.2 Å². The molecule has 1 saturated heterocycles. The highest BCUT2D eigenvalue weighted by molar-refractivity contribution is 6.33. The number of carboxylic acids is 1. The van der Waals surface area contributed by atoms with E-state index >= 15 is 0 Å². The molecule has 6 rings (SSSR count). The minimum absolute atomic E-state index is 0.0713. The summed E-state index contributed by atoms with van der Waals surface area (Å²) in [7, 11) is 0. The van der Waals surface area contributed by atoms with Gasteiger partial charge in [0.2, 0.25) is 6.19 Å². The highest BCUT2D eigenvalue weighted by atomic mass is 35.5. The third kappa shape index (κ3) is 4.73. The molecule has 5 aliphatic rings. The van der Waals surface area contributed by atoms with Crippen LogP contribution >= 0.6 is 11.6 Å². The Morgan fingerprint density at radius 2 is 1.79 bits per heavy atom. The Balaban J connectivity index is 1.27. The topological polar surface area (TPSA) is 92.0 Å². The Morgan fingerprint density at radius 1 is 1.16 bits per heavy atom. The fourth-order valence-electron chi connectivity index (χ4n) is 7.67. The number of carboxylic acid groups (broad SMARTS) is 1. The number of amidine groups is 1. The molecule has 1 heterocycles. The van der Waals surface area contributed by atoms with Crippen LogP contribution in [0.2, 0.25) is 5.02 Å². The molecule has 5 fully saturated rings. The lowest BCUT2D eigenvalue weighted by atomic mass is 9.48. The molecule has 11 heteroatoms. The van der Waals surface area contributed by atoms with Crippen LogP contribution in [0, 0.1) is 34.6 Å². The second kappa shape index (κ2) is 9.60. The molecule has 0 amide bonds. The molecular weight excluding hydrogens is 519 g/mol. The zero-order valence-corrected chi connectivity index (χ0v) is 22.3. The van der Waals surface area contributed by atoms with Crippen LogP contribution in [0.15, 0.2) is 23.2 Å². The van der Waals surface area contributed by atoms with E-state index in [4.69, 9.17) is 11.6 Å². The number of nitriles is 1. The number of benzene rings is 1. The standard InChI is InChI=1S/C27H33ClF3N5O2/c1-25(2,36-7-5-35(6-8-36)21-4-3-19(11-20(21)28)27(29,30)31)23(33-15-32)34-22-17-9-16-10-18(22)14-26(12-16,13-17)24(37)38/h3-4,11,16-18,22H,5-10,12-14H2,1-2H3,(H,33,34)(H,37,38). The summed E-state index contributed by atoms with van der Waals surface area (Å²) < 4.78 is 39.1. The van der Waals surface area contributed by atoms with Gasteiger partial charge in [0.15, 0.2) is 0 Å². The molecule has 206 valence electrons. The summed E-state index contributed by atoms with van der Waals surface area (Å²) in [5.41, 5.74) is -1.40. The van der Waals surface area contributed by atoms with Crippen molar-refractivity contribution in [1.29, 1.82) is 5.26 Å². The van der Waals surface area contributed by atoms with Crippen LogP contribution in [-0.2, 0) is 11.0 Å². The molecule has 1 aromatic carbocycles. The van der Waals surface area contributed by atoms with Crippen molar-refractivity contribution in [2.45, 2.75) is 63.7 Å². The molecule has 2 atom stereocenters. The fraction of sp³-hybridized carbons (Fsp3) is 0.667. The van der Waals surface area contributed by atoms with E-state index < -0.39 is 28.7 Å². The van der Waals surface area contributed by atoms with Gasteiger partial charge < -0.3 is 15.3 Å². The lowest BCUT2D eigenvalue weighted by Crippen LogP contribution is -2.66. The van der Waals surface area contributed by atoms with Gasteiger partial charge in [0.1, 0.15) is 5.84 Å². The number of hydrogen-bond acceptors (Lipinski definition) is 5. The van der Waals surface area contributed by atoms with Crippen molar-refractivity contribution in [3.05, 3.63) is 28.8 Å². The van der Waals surface area contributed by atoms with Crippen LogP contribution < -0.4 is 10.2 Å². The van der Waals surface area contributed by atoms with Gasteiger partial charge in [-0.1, -0.05) is 11.6 Å². The summed E-state index contributed by atoms with van der Waals surface area (Å²) in [6.45, 7) is 6.38. The Bertz CT molecular complexity index is 1160. The molecule has 2 unspecified atom stereocenters. The minimum atomic E-state index is -4.44. The number of nitrogens with zero attached hydrogens (tertiary/aromatic N) is 4. The van der Waals surface area contributed by atoms with E-state index in [0.29, 0.717) is 56.5 Å². The van der Waals surface area contributed by atoms with E-state index in [1.165, 1.54) is 6.07 Å². The summed E-state index contributed by atoms with van der Waals surface area (Å²) in [4.78, 5) is 20.5. The van der Waals surface area contributed by atoms with Gasteiger partial charge in [0.25, 0.3) is 0 Å². The molecular formula is C27H33ClF3N5O2. The van der Waals surface area contributed by atoms with E-state index in [9.17, 15) is 28.3 Å². The monoisotopic (exact) mass is 551 g/mol. The minimum Gasteiger partial charge on any atom is -0.481 e. The summed E-state index contributed by atoms with van der Waals surface area (Å²) >= 11 is 6.23. The highest BCUT2D eigenvalue weighted by Crippen LogP contribution is 2.60. The summed E-state index contributed by atoms with van der Waals surface area (Å²) in [6, 6.07) is 3.54. The van der Waals surface area contributed by atoms with Gasteiger partial charge in [-0.25, -0.2) is 0 Å². The van der Waals surface area contributed by atoms with E-state index in [0.717, 1.165) is 31.4 Å². The highest BCUT2D eigenvalue weighted by Gasteiger charge is 2.59. The van der Waals surface area contributed by atoms with Crippen LogP contribution in [0.4, 0.5) is 18.9 Å². The first-order chi connectivity index (χ1) is 17.8. The van der Waals surface area contributed by atoms with Crippen molar-refractivity contribution < 1.29 is 23.1 Å². The Kier molecular flexibility index (Phi) is 6.84. The molecule has 0 spiro atoms. The van der Waals surface area contributed by atoms with Crippen LogP contribution in [-0.4, -0.2) is 59.6 Å². The molecule has 2 N–H and O–H groups in total. The first kappa shape index (κ1) is 27.1. The van der Waals surface area contributed by atoms with Gasteiger partial charge >= 0.3 is 12.1 Å². The number of aliphatic imine (C=N–C) groups is 1. The predicted octanol–water partition coefficient (Wildman–Crippen LogP) is 5.01. The van der Waals surface area contributed by atoms with Crippen molar-refractivity contribution in [3.8, 4) is 6.19 Å². The van der Waals surface area contributed by atoms with Gasteiger partial charge in [-0.15, -0.1) is 0 Å². The van der Waals surface area contributed by atoms with Gasteiger partial charge in [-0.05, 0) is 81.9 Å². The summed E-state index contributed by atoms with van der Waals surface area (Å²) in [6.07, 6.45) is 1.64. The molecule has 0 radical (unpaired) electrons. The summed E-state index contributed by atoms with van der Waals surface area (Å²) in [5, 5.41) is 23.2. The maximum absolute atomic E-state index is 13.0. The molecule has 4 bridgehead atoms. The first-order valence-electron chi connectivity index (χ1n) is 13.2. The SMILES string of the molecule is CC(C)(/C(=N/C#N)NC1C2CC3CC1CC(C(=O)O)(C3)C2)N1CCN(c2ccc(C(F)(F)F)cc2Cl)CC1. The number of nitrogens with one attached hydrogen (secondary N) is 1. The van der Waals surface area contributed by atoms with E-state index in [1.54, 1.807) is 0 Å². The van der Waals surface area contributed by atoms with Crippen LogP contribution in [0.5, 0.6) is 0 Å². The molecule has 0 aromatic heterocycles. The molecule has 4 aliphatic carbocycles. The normalized spacial score (nSPS) is 31.8. The Morgan fingerprint density at radius 3 is 2.32 bits per heavy atom. The third-order valence-electron chi connectivity index (χ3n) is 9.46. The molecule has 7 nitrogen and oxygen atoms in total. The predicted molar refractivity (Wildman–Crippen MR) is 138 cm³/mol. The average molecular weight is 552 g/mol. The van der Waals surface area contributed by atoms with E-state index in [2.05, 4.69) is 15.2 Å². The van der Waals surface area contributed by atoms with E-state index in [1.807, 2.05) is 24.9 Å². The third-order valence-corrected chi connectivity index (χ3v) is 9.76. The van der Waals surface area contributed by atoms with Crippen LogP contribution in [0.1, 0.15) is 51.5 Å². The second-order valence-electron chi connectivity index (χ2n) is 12.0. The number of carbonyl (C=O) groups is 1. The van der Waals surface area contributed by atoms with Crippen molar-refractivity contribution in [2.75, 3.05) is 31.1 Å². The zero-order chi connectivity index (χ0) is 27.5. The van der Waals surface area contributed by atoms with Gasteiger partial charge in [-0.3, -0.25) is 9.69 Å². The van der Waals surface area contributed by atoms with Gasteiger partial charge in [-0.2, -0.15) is 23.4 Å². The number of aliphatic carboxylic acids is 1. The van der Waals surface area contributed by atoms with Gasteiger partial charge in [0.05, 0.1) is 27.2 Å². The smallest absolute Gasteiger partial charge is 0.416 e. The average Bonchev–Trinajstić information content (AvgIpc) is 2.84. The number of rotatable bonds is 5. The second-order valence-corrected chi connectivity index (χ2v) is 12.4. The number of alkyl halides is 3. The maximum atomic E-state index is 13.0. The van der Waals surface area contributed by atoms with Crippen molar-refractivity contribution in [3.63, 3.8) is 0 Å². The maximum Gasteiger partial charge on any atom is 0.416 e. The fourth-order valence-corrected chi connectivity index (χ4v) is 7.97. The lowest BCUT2D eigenvalue weighted by Gasteiger charge is -2.59. The number of halogens is 4. The number of anilines is 1. The zero-order valence-electron chi connectivity index (χ0n) is 21.6. The lowest BCUT2D eigenvalue weighted by molar-refractivity contribution is -0.166.